The summed E-state index contributed by atoms with van der Waals surface area (Å²) in [5.74, 6) is 1.27. The quantitative estimate of drug-likeness (QED) is 0.136. The van der Waals surface area contributed by atoms with Crippen LogP contribution in [-0.4, -0.2) is 15.0 Å². The van der Waals surface area contributed by atoms with Gasteiger partial charge < -0.3 is 0 Å². The average Bonchev–Trinajstić information content (AvgIpc) is 3.37. The highest BCUT2D eigenvalue weighted by molar-refractivity contribution is 7.79. The van der Waals surface area contributed by atoms with E-state index in [1.807, 2.05) is 66.7 Å². The highest BCUT2D eigenvalue weighted by Gasteiger charge is 2.22. The van der Waals surface area contributed by atoms with Gasteiger partial charge in [-0.2, -0.15) is 0 Å². The number of allylic oxidation sites excluding steroid dienone is 8. The molecule has 0 N–H and O–H groups in total. The van der Waals surface area contributed by atoms with Crippen LogP contribution in [0.15, 0.2) is 206 Å². The monoisotopic (exact) mass is 889 g/mol. The Bertz CT molecular complexity index is 3440. The van der Waals surface area contributed by atoms with Gasteiger partial charge in [-0.15, -0.1) is 0 Å². The molecule has 1 aromatic heterocycles. The molecule has 1 atom stereocenters. The lowest BCUT2D eigenvalue weighted by molar-refractivity contribution is 0.606. The molecule has 11 rings (SSSR count). The molecule has 67 heavy (non-hydrogen) atoms. The minimum atomic E-state index is -0.749. The zero-order valence-corrected chi connectivity index (χ0v) is 38.2. The van der Waals surface area contributed by atoms with Crippen molar-refractivity contribution in [2.75, 3.05) is 0 Å². The van der Waals surface area contributed by atoms with Gasteiger partial charge in [-0.25, -0.2) is 23.7 Å². The Balaban J connectivity index is 0.955. The minimum absolute atomic E-state index is 0.189. The molecular weight excluding hydrogens is 844 g/mol. The largest absolute Gasteiger partial charge is 0.209 e. The highest BCUT2D eigenvalue weighted by Crippen LogP contribution is 2.42. The summed E-state index contributed by atoms with van der Waals surface area (Å²) < 4.78 is 33.6. The highest BCUT2D eigenvalue weighted by atomic mass is 31.1. The maximum atomic E-state index is 16.8. The normalized spacial score (nSPS) is 14.9. The number of hydrogen-bond donors (Lipinski definition) is 0. The van der Waals surface area contributed by atoms with E-state index in [4.69, 9.17) is 15.0 Å². The van der Waals surface area contributed by atoms with Crippen LogP contribution in [0.1, 0.15) is 44.8 Å². The lowest BCUT2D eigenvalue weighted by atomic mass is 9.90. The van der Waals surface area contributed by atoms with Crippen LogP contribution in [0.2, 0.25) is 0 Å². The second-order valence-electron chi connectivity index (χ2n) is 17.5. The SMILES string of the molecule is CC1=CC=C(c2nc(C3=CCC(C)C=C3)nc(-c3ccc(-c4cc(F)c(-c5ccc(-c6ccc(P(c7ccccc7)c7ccccc7)cc6)c6ccccc56)cc4F)c4ccccc34)n2)CC1. The number of halogens is 2. The molecule has 8 aromatic carbocycles. The molecule has 6 heteroatoms. The van der Waals surface area contributed by atoms with Gasteiger partial charge in [0.1, 0.15) is 11.6 Å². The number of nitrogens with zero attached hydrogens (tertiary/aromatic N) is 3. The van der Waals surface area contributed by atoms with Gasteiger partial charge in [0.15, 0.2) is 17.5 Å². The topological polar surface area (TPSA) is 38.7 Å². The van der Waals surface area contributed by atoms with Crippen molar-refractivity contribution in [2.24, 2.45) is 5.92 Å². The molecule has 2 aliphatic rings. The van der Waals surface area contributed by atoms with Gasteiger partial charge in [0.05, 0.1) is 0 Å². The van der Waals surface area contributed by atoms with E-state index in [1.165, 1.54) is 33.6 Å². The Kier molecular flexibility index (Phi) is 11.4. The molecule has 0 amide bonds. The number of aromatic nitrogens is 3. The first-order chi connectivity index (χ1) is 32.9. The van der Waals surface area contributed by atoms with Gasteiger partial charge in [0.25, 0.3) is 0 Å². The summed E-state index contributed by atoms with van der Waals surface area (Å²) in [5.41, 5.74) is 7.87. The molecular formula is C61H46F2N3P. The third-order valence-corrected chi connectivity index (χ3v) is 15.5. The van der Waals surface area contributed by atoms with E-state index >= 15 is 8.78 Å². The lowest BCUT2D eigenvalue weighted by Crippen LogP contribution is -2.20. The van der Waals surface area contributed by atoms with Gasteiger partial charge in [-0.1, -0.05) is 195 Å². The van der Waals surface area contributed by atoms with Crippen molar-refractivity contribution in [3.8, 4) is 44.8 Å². The van der Waals surface area contributed by atoms with Crippen molar-refractivity contribution in [1.82, 2.24) is 15.0 Å². The lowest BCUT2D eigenvalue weighted by Gasteiger charge is -2.20. The first-order valence-electron chi connectivity index (χ1n) is 22.9. The van der Waals surface area contributed by atoms with Crippen molar-refractivity contribution < 1.29 is 8.78 Å². The Morgan fingerprint density at radius 3 is 1.52 bits per heavy atom. The van der Waals surface area contributed by atoms with Gasteiger partial charge >= 0.3 is 0 Å². The molecule has 1 heterocycles. The number of hydrogen-bond acceptors (Lipinski definition) is 3. The van der Waals surface area contributed by atoms with Crippen LogP contribution < -0.4 is 15.9 Å². The predicted octanol–water partition coefficient (Wildman–Crippen LogP) is 15.0. The maximum Gasteiger partial charge on any atom is 0.164 e. The molecule has 2 aliphatic carbocycles. The Labute approximate surface area is 391 Å². The number of benzene rings is 8. The van der Waals surface area contributed by atoms with Crippen LogP contribution in [0.4, 0.5) is 8.78 Å². The number of rotatable bonds is 9. The smallest absolute Gasteiger partial charge is 0.164 e. The van der Waals surface area contributed by atoms with Crippen molar-refractivity contribution in [1.29, 1.82) is 0 Å². The molecule has 0 aliphatic heterocycles. The number of fused-ring (bicyclic) bond motifs is 2. The third-order valence-electron chi connectivity index (χ3n) is 13.0. The van der Waals surface area contributed by atoms with Crippen LogP contribution in [-0.2, 0) is 0 Å². The van der Waals surface area contributed by atoms with E-state index < -0.39 is 19.6 Å². The molecule has 324 valence electrons. The fourth-order valence-electron chi connectivity index (χ4n) is 9.46. The van der Waals surface area contributed by atoms with Gasteiger partial charge in [-0.05, 0) is 124 Å². The van der Waals surface area contributed by atoms with Crippen LogP contribution in [0.5, 0.6) is 0 Å². The van der Waals surface area contributed by atoms with E-state index in [9.17, 15) is 0 Å². The Hall–Kier alpha value is -7.46. The maximum absolute atomic E-state index is 16.8. The third kappa shape index (κ3) is 8.26. The standard InChI is InChI=1S/C61H46F2N3P/c1-39-21-25-42(26-22-39)59-64-60(43-27-23-40(2)24-28-43)66-61(65-59)54-36-35-53(50-19-11-12-20-51(50)54)56-38-57(62)55(37-58(56)63)52-34-33-47(48-17-9-10-18-49(48)52)41-29-31-46(32-30-41)67(44-13-5-3-6-14-44)45-15-7-4-8-16-45/h3-21,23,25-27,29-39H,22,24,28H2,1-2H3. The van der Waals surface area contributed by atoms with Crippen molar-refractivity contribution in [3.63, 3.8) is 0 Å². The van der Waals surface area contributed by atoms with Crippen LogP contribution in [0.3, 0.4) is 0 Å². The van der Waals surface area contributed by atoms with Gasteiger partial charge in [0.2, 0.25) is 0 Å². The molecule has 0 radical (unpaired) electrons. The Morgan fingerprint density at radius 1 is 0.478 bits per heavy atom. The molecule has 1 unspecified atom stereocenters. The summed E-state index contributed by atoms with van der Waals surface area (Å²) in [6, 6.07) is 56.4. The summed E-state index contributed by atoms with van der Waals surface area (Å²) >= 11 is 0. The van der Waals surface area contributed by atoms with E-state index in [-0.39, 0.29) is 11.1 Å². The molecule has 0 fully saturated rings. The molecule has 0 bridgehead atoms. The summed E-state index contributed by atoms with van der Waals surface area (Å²) in [5, 5.41) is 7.27. The van der Waals surface area contributed by atoms with Gasteiger partial charge in [-0.3, -0.25) is 0 Å². The van der Waals surface area contributed by atoms with Crippen molar-refractivity contribution >= 4 is 56.5 Å². The van der Waals surface area contributed by atoms with E-state index in [1.54, 1.807) is 0 Å². The fraction of sp³-hybridized carbons (Fsp3) is 0.0984. The summed E-state index contributed by atoms with van der Waals surface area (Å²) in [6.45, 7) is 4.33. The zero-order valence-electron chi connectivity index (χ0n) is 37.3. The second kappa shape index (κ2) is 18.1. The minimum Gasteiger partial charge on any atom is -0.209 e. The second-order valence-corrected chi connectivity index (χ2v) is 19.7. The summed E-state index contributed by atoms with van der Waals surface area (Å²) in [6.07, 6.45) is 13.4. The van der Waals surface area contributed by atoms with Crippen LogP contribution >= 0.6 is 7.92 Å². The van der Waals surface area contributed by atoms with E-state index in [0.29, 0.717) is 34.5 Å². The van der Waals surface area contributed by atoms with Crippen LogP contribution in [0.25, 0.3) is 77.5 Å². The van der Waals surface area contributed by atoms with Gasteiger partial charge in [0, 0.05) is 22.3 Å². The summed E-state index contributed by atoms with van der Waals surface area (Å²) in [7, 11) is -0.749. The van der Waals surface area contributed by atoms with E-state index in [0.717, 1.165) is 68.6 Å². The van der Waals surface area contributed by atoms with Crippen LogP contribution in [0, 0.1) is 17.6 Å². The fourth-order valence-corrected chi connectivity index (χ4v) is 11.7. The van der Waals surface area contributed by atoms with Crippen molar-refractivity contribution in [3.05, 3.63) is 229 Å². The molecule has 3 nitrogen and oxygen atoms in total. The van der Waals surface area contributed by atoms with Crippen molar-refractivity contribution in [2.45, 2.75) is 33.1 Å². The molecule has 0 saturated carbocycles. The zero-order chi connectivity index (χ0) is 45.4. The molecule has 0 saturated heterocycles. The van der Waals surface area contributed by atoms with E-state index in [2.05, 4.69) is 135 Å². The molecule has 9 aromatic rings. The Morgan fingerprint density at radius 2 is 0.970 bits per heavy atom. The average molecular weight is 890 g/mol. The first kappa shape index (κ1) is 42.2. The summed E-state index contributed by atoms with van der Waals surface area (Å²) in [4.78, 5) is 15.1. The predicted molar refractivity (Wildman–Crippen MR) is 277 cm³/mol. The first-order valence-corrected chi connectivity index (χ1v) is 24.3. The molecule has 0 spiro atoms.